The van der Waals surface area contributed by atoms with Crippen molar-refractivity contribution in [1.82, 2.24) is 19.5 Å². The number of nitrogens with zero attached hydrogens (tertiary/aromatic N) is 3. The van der Waals surface area contributed by atoms with Gasteiger partial charge < -0.3 is 0 Å². The summed E-state index contributed by atoms with van der Waals surface area (Å²) >= 11 is 8.48. The molecule has 0 fully saturated rings. The first-order valence-corrected chi connectivity index (χ1v) is 8.20. The molecule has 23 heavy (non-hydrogen) atoms. The Kier molecular flexibility index (Phi) is 4.01. The third kappa shape index (κ3) is 2.67. The van der Waals surface area contributed by atoms with Crippen LogP contribution in [-0.2, 0) is 5.54 Å². The standard InChI is InChI=1S/C15H12ClIN4O2/c1-15(2,9-4-3-8(17)7-10(9)16)21-13(22)11-12(20-14(21)23)19-6-5-18-11/h3-7H,1-2H3,(H,19,20,23). The molecule has 2 heterocycles. The summed E-state index contributed by atoms with van der Waals surface area (Å²) in [5.74, 6) is 0. The van der Waals surface area contributed by atoms with E-state index >= 15 is 0 Å². The highest BCUT2D eigenvalue weighted by molar-refractivity contribution is 14.1. The number of aromatic amines is 1. The van der Waals surface area contributed by atoms with Crippen molar-refractivity contribution < 1.29 is 0 Å². The SMILES string of the molecule is CC(C)(c1ccc(I)cc1Cl)n1c(=O)[nH]c2nccnc2c1=O. The normalized spacial score (nSPS) is 11.8. The number of nitrogens with one attached hydrogen (secondary N) is 1. The van der Waals surface area contributed by atoms with Crippen molar-refractivity contribution in [2.24, 2.45) is 0 Å². The van der Waals surface area contributed by atoms with E-state index in [1.807, 2.05) is 12.1 Å². The van der Waals surface area contributed by atoms with Gasteiger partial charge in [-0.25, -0.2) is 19.3 Å². The Morgan fingerprint density at radius 1 is 1.22 bits per heavy atom. The monoisotopic (exact) mass is 442 g/mol. The lowest BCUT2D eigenvalue weighted by Crippen LogP contribution is -2.47. The number of halogens is 2. The van der Waals surface area contributed by atoms with Crippen molar-refractivity contribution in [1.29, 1.82) is 0 Å². The number of H-pyrrole nitrogens is 1. The van der Waals surface area contributed by atoms with Crippen LogP contribution in [0.1, 0.15) is 19.4 Å². The summed E-state index contributed by atoms with van der Waals surface area (Å²) in [6, 6.07) is 5.49. The summed E-state index contributed by atoms with van der Waals surface area (Å²) < 4.78 is 2.09. The van der Waals surface area contributed by atoms with E-state index in [9.17, 15) is 9.59 Å². The molecule has 0 aliphatic heterocycles. The molecule has 0 saturated carbocycles. The fourth-order valence-electron chi connectivity index (χ4n) is 2.56. The van der Waals surface area contributed by atoms with Crippen LogP contribution in [0.3, 0.4) is 0 Å². The number of hydrogen-bond donors (Lipinski definition) is 1. The molecule has 3 aromatic rings. The Bertz CT molecular complexity index is 1030. The molecule has 1 aromatic carbocycles. The van der Waals surface area contributed by atoms with E-state index in [0.717, 1.165) is 8.14 Å². The molecule has 0 aliphatic rings. The van der Waals surface area contributed by atoms with Gasteiger partial charge >= 0.3 is 5.69 Å². The van der Waals surface area contributed by atoms with E-state index in [1.54, 1.807) is 19.9 Å². The van der Waals surface area contributed by atoms with Crippen LogP contribution in [0, 0.1) is 3.57 Å². The first-order chi connectivity index (χ1) is 10.8. The number of aromatic nitrogens is 4. The first kappa shape index (κ1) is 16.1. The van der Waals surface area contributed by atoms with Crippen molar-refractivity contribution in [3.8, 4) is 0 Å². The zero-order chi connectivity index (χ0) is 16.8. The lowest BCUT2D eigenvalue weighted by Gasteiger charge is -2.28. The second-order valence-corrected chi connectivity index (χ2v) is 7.16. The molecule has 1 N–H and O–H groups in total. The van der Waals surface area contributed by atoms with E-state index in [4.69, 9.17) is 11.6 Å². The zero-order valence-corrected chi connectivity index (χ0v) is 15.2. The molecule has 0 radical (unpaired) electrons. The number of hydrogen-bond acceptors (Lipinski definition) is 4. The van der Waals surface area contributed by atoms with Crippen LogP contribution in [0.15, 0.2) is 40.2 Å². The Morgan fingerprint density at radius 2 is 1.91 bits per heavy atom. The minimum Gasteiger partial charge on any atom is -0.290 e. The summed E-state index contributed by atoms with van der Waals surface area (Å²) in [6.07, 6.45) is 2.83. The van der Waals surface area contributed by atoms with Gasteiger partial charge in [-0.2, -0.15) is 0 Å². The van der Waals surface area contributed by atoms with Gasteiger partial charge in [-0.1, -0.05) is 17.7 Å². The molecule has 0 saturated heterocycles. The average molecular weight is 443 g/mol. The number of rotatable bonds is 2. The quantitative estimate of drug-likeness (QED) is 0.619. The van der Waals surface area contributed by atoms with E-state index in [2.05, 4.69) is 37.5 Å². The van der Waals surface area contributed by atoms with Crippen molar-refractivity contribution in [3.63, 3.8) is 0 Å². The minimum atomic E-state index is -0.947. The summed E-state index contributed by atoms with van der Waals surface area (Å²) in [6.45, 7) is 3.53. The van der Waals surface area contributed by atoms with Crippen molar-refractivity contribution in [2.45, 2.75) is 19.4 Å². The van der Waals surface area contributed by atoms with Gasteiger partial charge in [0.1, 0.15) is 0 Å². The molecule has 0 atom stereocenters. The highest BCUT2D eigenvalue weighted by Crippen LogP contribution is 2.30. The number of fused-ring (bicyclic) bond motifs is 1. The fourth-order valence-corrected chi connectivity index (χ4v) is 3.64. The molecule has 2 aromatic heterocycles. The van der Waals surface area contributed by atoms with Crippen LogP contribution in [-0.4, -0.2) is 19.5 Å². The smallest absolute Gasteiger partial charge is 0.290 e. The maximum atomic E-state index is 12.7. The first-order valence-electron chi connectivity index (χ1n) is 6.74. The van der Waals surface area contributed by atoms with Gasteiger partial charge in [0.05, 0.1) is 5.54 Å². The molecular formula is C15H12ClIN4O2. The van der Waals surface area contributed by atoms with Gasteiger partial charge in [0, 0.05) is 21.0 Å². The van der Waals surface area contributed by atoms with Crippen LogP contribution in [0.4, 0.5) is 0 Å². The molecule has 0 amide bonds. The van der Waals surface area contributed by atoms with Crippen molar-refractivity contribution >= 4 is 45.4 Å². The van der Waals surface area contributed by atoms with Crippen LogP contribution in [0.25, 0.3) is 11.2 Å². The molecule has 3 rings (SSSR count). The molecule has 0 unspecified atom stereocenters. The van der Waals surface area contributed by atoms with E-state index in [-0.39, 0.29) is 11.2 Å². The topological polar surface area (TPSA) is 80.6 Å². The second-order valence-electron chi connectivity index (χ2n) is 5.51. The van der Waals surface area contributed by atoms with Gasteiger partial charge in [-0.3, -0.25) is 9.78 Å². The van der Waals surface area contributed by atoms with E-state index in [0.29, 0.717) is 10.6 Å². The van der Waals surface area contributed by atoms with E-state index in [1.165, 1.54) is 12.4 Å². The van der Waals surface area contributed by atoms with E-state index < -0.39 is 16.8 Å². The van der Waals surface area contributed by atoms with Gasteiger partial charge in [0.25, 0.3) is 5.56 Å². The molecular weight excluding hydrogens is 431 g/mol. The third-order valence-electron chi connectivity index (χ3n) is 3.68. The zero-order valence-electron chi connectivity index (χ0n) is 12.3. The maximum Gasteiger partial charge on any atom is 0.330 e. The summed E-state index contributed by atoms with van der Waals surface area (Å²) in [7, 11) is 0. The molecule has 8 heteroatoms. The number of benzene rings is 1. The third-order valence-corrected chi connectivity index (χ3v) is 4.67. The minimum absolute atomic E-state index is 0.113. The predicted octanol–water partition coefficient (Wildman–Crippen LogP) is 2.52. The molecule has 0 aliphatic carbocycles. The van der Waals surface area contributed by atoms with Gasteiger partial charge in [0.15, 0.2) is 11.2 Å². The second kappa shape index (κ2) is 5.72. The van der Waals surface area contributed by atoms with Gasteiger partial charge in [-0.15, -0.1) is 0 Å². The molecule has 0 bridgehead atoms. The summed E-state index contributed by atoms with van der Waals surface area (Å²) in [5, 5.41) is 0.493. The summed E-state index contributed by atoms with van der Waals surface area (Å²) in [5.41, 5.74) is -1.04. The summed E-state index contributed by atoms with van der Waals surface area (Å²) in [4.78, 5) is 35.8. The molecule has 118 valence electrons. The maximum absolute atomic E-state index is 12.7. The van der Waals surface area contributed by atoms with Crippen molar-refractivity contribution in [3.05, 3.63) is 65.6 Å². The lowest BCUT2D eigenvalue weighted by molar-refractivity contribution is 0.405. The Morgan fingerprint density at radius 3 is 2.61 bits per heavy atom. The van der Waals surface area contributed by atoms with Crippen LogP contribution >= 0.6 is 34.2 Å². The van der Waals surface area contributed by atoms with Gasteiger partial charge in [-0.05, 0) is 54.1 Å². The van der Waals surface area contributed by atoms with Gasteiger partial charge in [0.2, 0.25) is 0 Å². The Hall–Kier alpha value is -1.74. The van der Waals surface area contributed by atoms with Crippen LogP contribution in [0.2, 0.25) is 5.02 Å². The van der Waals surface area contributed by atoms with Crippen LogP contribution < -0.4 is 11.2 Å². The molecule has 0 spiro atoms. The highest BCUT2D eigenvalue weighted by Gasteiger charge is 2.30. The van der Waals surface area contributed by atoms with Crippen LogP contribution in [0.5, 0.6) is 0 Å². The average Bonchev–Trinajstić information content (AvgIpc) is 2.46. The Balaban J connectivity index is 2.34. The predicted molar refractivity (Wildman–Crippen MR) is 97.0 cm³/mol. The fraction of sp³-hybridized carbons (Fsp3) is 0.200. The Labute approximate surface area is 149 Å². The van der Waals surface area contributed by atoms with Crippen molar-refractivity contribution in [2.75, 3.05) is 0 Å². The largest absolute Gasteiger partial charge is 0.330 e. The lowest BCUT2D eigenvalue weighted by atomic mass is 9.94. The molecule has 6 nitrogen and oxygen atoms in total. The highest BCUT2D eigenvalue weighted by atomic mass is 127.